The molecule has 1 saturated carbocycles. The van der Waals surface area contributed by atoms with Gasteiger partial charge in [-0.05, 0) is 45.1 Å². The summed E-state index contributed by atoms with van der Waals surface area (Å²) in [4.78, 5) is 0. The van der Waals surface area contributed by atoms with Gasteiger partial charge in [0.05, 0.1) is 6.20 Å². The Labute approximate surface area is 109 Å². The van der Waals surface area contributed by atoms with Crippen LogP contribution in [0.2, 0.25) is 0 Å². The summed E-state index contributed by atoms with van der Waals surface area (Å²) in [6, 6.07) is 0. The first-order valence-electron chi connectivity index (χ1n) is 6.64. The molecule has 1 heterocycles. The highest BCUT2D eigenvalue weighted by atomic mass is 35.5. The fourth-order valence-electron chi connectivity index (χ4n) is 2.42. The van der Waals surface area contributed by atoms with Crippen LogP contribution >= 0.6 is 11.6 Å². The van der Waals surface area contributed by atoms with Crippen LogP contribution in [-0.2, 0) is 13.1 Å². The Morgan fingerprint density at radius 2 is 2.18 bits per heavy atom. The lowest BCUT2D eigenvalue weighted by Crippen LogP contribution is -2.26. The van der Waals surface area contributed by atoms with Crippen LogP contribution in [-0.4, -0.2) is 21.7 Å². The number of hydrogen-bond donors (Lipinski definition) is 1. The third-order valence-electron chi connectivity index (χ3n) is 3.55. The molecule has 1 aliphatic carbocycles. The van der Waals surface area contributed by atoms with Gasteiger partial charge in [0.2, 0.25) is 0 Å². The number of aryl methyl sites for hydroxylation is 1. The van der Waals surface area contributed by atoms with Crippen molar-refractivity contribution in [2.75, 3.05) is 6.54 Å². The number of halogens is 1. The van der Waals surface area contributed by atoms with Crippen LogP contribution in [0.1, 0.15) is 38.2 Å². The lowest BCUT2D eigenvalue weighted by molar-refractivity contribution is 0.345. The zero-order valence-corrected chi connectivity index (χ0v) is 11.3. The summed E-state index contributed by atoms with van der Waals surface area (Å²) >= 11 is 6.10. The lowest BCUT2D eigenvalue weighted by atomic mass is 9.89. The molecule has 0 bridgehead atoms. The molecule has 0 aliphatic heterocycles. The van der Waals surface area contributed by atoms with Crippen molar-refractivity contribution in [3.05, 3.63) is 18.0 Å². The summed E-state index contributed by atoms with van der Waals surface area (Å²) in [6.45, 7) is 5.09. The number of nitrogens with one attached hydrogen (secondary N) is 1. The average molecular weight is 256 g/mol. The predicted molar refractivity (Wildman–Crippen MR) is 71.2 cm³/mol. The zero-order valence-electron chi connectivity index (χ0n) is 10.5. The van der Waals surface area contributed by atoms with Gasteiger partial charge in [-0.25, -0.2) is 0 Å². The van der Waals surface area contributed by atoms with E-state index < -0.39 is 0 Å². The SMILES string of the molecule is CCn1cc(CNCC2CCC(Cl)CC2)cn1. The van der Waals surface area contributed by atoms with E-state index >= 15 is 0 Å². The van der Waals surface area contributed by atoms with E-state index in [4.69, 9.17) is 11.6 Å². The number of rotatable bonds is 5. The molecular formula is C13H22ClN3. The van der Waals surface area contributed by atoms with Crippen molar-refractivity contribution >= 4 is 11.6 Å². The lowest BCUT2D eigenvalue weighted by Gasteiger charge is -2.25. The van der Waals surface area contributed by atoms with Crippen molar-refractivity contribution in [3.8, 4) is 0 Å². The molecule has 1 aliphatic rings. The Balaban J connectivity index is 1.65. The van der Waals surface area contributed by atoms with Crippen molar-refractivity contribution in [2.24, 2.45) is 5.92 Å². The molecule has 0 unspecified atom stereocenters. The molecular weight excluding hydrogens is 234 g/mol. The molecule has 17 heavy (non-hydrogen) atoms. The second-order valence-corrected chi connectivity index (χ2v) is 5.57. The standard InChI is InChI=1S/C13H22ClN3/c1-2-17-10-12(9-16-17)8-15-7-11-3-5-13(14)6-4-11/h9-11,13,15H,2-8H2,1H3. The summed E-state index contributed by atoms with van der Waals surface area (Å²) in [5, 5.41) is 8.22. The third-order valence-corrected chi connectivity index (χ3v) is 3.99. The largest absolute Gasteiger partial charge is 0.312 e. The highest BCUT2D eigenvalue weighted by Crippen LogP contribution is 2.26. The molecule has 3 nitrogen and oxygen atoms in total. The van der Waals surface area contributed by atoms with Gasteiger partial charge in [-0.15, -0.1) is 11.6 Å². The summed E-state index contributed by atoms with van der Waals surface area (Å²) in [7, 11) is 0. The number of aromatic nitrogens is 2. The van der Waals surface area contributed by atoms with Crippen LogP contribution < -0.4 is 5.32 Å². The molecule has 1 fully saturated rings. The Hall–Kier alpha value is -0.540. The maximum atomic E-state index is 6.10. The van der Waals surface area contributed by atoms with Crippen molar-refractivity contribution in [3.63, 3.8) is 0 Å². The normalized spacial score (nSPS) is 25.1. The van der Waals surface area contributed by atoms with Gasteiger partial charge in [-0.2, -0.15) is 5.10 Å². The van der Waals surface area contributed by atoms with Gasteiger partial charge in [0.25, 0.3) is 0 Å². The molecule has 1 aromatic heterocycles. The van der Waals surface area contributed by atoms with Crippen LogP contribution in [0.5, 0.6) is 0 Å². The molecule has 2 rings (SSSR count). The summed E-state index contributed by atoms with van der Waals surface area (Å²) in [5.74, 6) is 0.811. The van der Waals surface area contributed by atoms with E-state index in [1.807, 2.05) is 10.9 Å². The van der Waals surface area contributed by atoms with E-state index in [9.17, 15) is 0 Å². The smallest absolute Gasteiger partial charge is 0.0534 e. The van der Waals surface area contributed by atoms with E-state index in [-0.39, 0.29) is 0 Å². The van der Waals surface area contributed by atoms with Crippen molar-refractivity contribution in [1.29, 1.82) is 0 Å². The molecule has 1 aromatic rings. The minimum absolute atomic E-state index is 0.425. The number of alkyl halides is 1. The van der Waals surface area contributed by atoms with Gasteiger partial charge < -0.3 is 5.32 Å². The fourth-order valence-corrected chi connectivity index (χ4v) is 2.67. The molecule has 1 N–H and O–H groups in total. The quantitative estimate of drug-likeness (QED) is 0.820. The summed E-state index contributed by atoms with van der Waals surface area (Å²) < 4.78 is 1.97. The maximum absolute atomic E-state index is 6.10. The predicted octanol–water partition coefficient (Wildman–Crippen LogP) is 2.79. The molecule has 0 atom stereocenters. The van der Waals surface area contributed by atoms with E-state index in [0.717, 1.165) is 25.6 Å². The van der Waals surface area contributed by atoms with Crippen molar-refractivity contribution < 1.29 is 0 Å². The molecule has 96 valence electrons. The summed E-state index contributed by atoms with van der Waals surface area (Å²) in [5.41, 5.74) is 1.28. The van der Waals surface area contributed by atoms with Crippen LogP contribution in [0, 0.1) is 5.92 Å². The second kappa shape index (κ2) is 6.41. The number of nitrogens with zero attached hydrogens (tertiary/aromatic N) is 2. The molecule has 0 saturated heterocycles. The van der Waals surface area contributed by atoms with Gasteiger partial charge >= 0.3 is 0 Å². The van der Waals surface area contributed by atoms with E-state index in [1.165, 1.54) is 31.2 Å². The van der Waals surface area contributed by atoms with Gasteiger partial charge in [0.1, 0.15) is 0 Å². The van der Waals surface area contributed by atoms with Crippen LogP contribution in [0.25, 0.3) is 0 Å². The van der Waals surface area contributed by atoms with Crippen molar-refractivity contribution in [1.82, 2.24) is 15.1 Å². The third kappa shape index (κ3) is 4.00. The average Bonchev–Trinajstić information content (AvgIpc) is 2.80. The Bertz CT molecular complexity index is 329. The molecule has 0 aromatic carbocycles. The topological polar surface area (TPSA) is 29.9 Å². The summed E-state index contributed by atoms with van der Waals surface area (Å²) in [6.07, 6.45) is 8.98. The first kappa shape index (κ1) is 12.9. The Morgan fingerprint density at radius 3 is 2.82 bits per heavy atom. The minimum atomic E-state index is 0.425. The van der Waals surface area contributed by atoms with Crippen LogP contribution in [0.4, 0.5) is 0 Å². The van der Waals surface area contributed by atoms with Gasteiger partial charge in [-0.3, -0.25) is 4.68 Å². The first-order chi connectivity index (χ1) is 8.28. The highest BCUT2D eigenvalue weighted by Gasteiger charge is 2.18. The molecule has 0 amide bonds. The number of hydrogen-bond acceptors (Lipinski definition) is 2. The van der Waals surface area contributed by atoms with Gasteiger partial charge in [0, 0.05) is 30.2 Å². The van der Waals surface area contributed by atoms with E-state index in [2.05, 4.69) is 23.5 Å². The minimum Gasteiger partial charge on any atom is -0.312 e. The molecule has 4 heteroatoms. The zero-order chi connectivity index (χ0) is 12.1. The van der Waals surface area contributed by atoms with Crippen LogP contribution in [0.15, 0.2) is 12.4 Å². The second-order valence-electron chi connectivity index (χ2n) is 4.95. The molecule has 0 spiro atoms. The molecule has 0 radical (unpaired) electrons. The highest BCUT2D eigenvalue weighted by molar-refractivity contribution is 6.20. The van der Waals surface area contributed by atoms with Crippen molar-refractivity contribution in [2.45, 2.75) is 51.1 Å². The monoisotopic (exact) mass is 255 g/mol. The maximum Gasteiger partial charge on any atom is 0.0534 e. The Kier molecular flexibility index (Phi) is 4.86. The van der Waals surface area contributed by atoms with Gasteiger partial charge in [-0.1, -0.05) is 0 Å². The van der Waals surface area contributed by atoms with E-state index in [1.54, 1.807) is 0 Å². The van der Waals surface area contributed by atoms with E-state index in [0.29, 0.717) is 5.38 Å². The fraction of sp³-hybridized carbons (Fsp3) is 0.769. The van der Waals surface area contributed by atoms with Gasteiger partial charge in [0.15, 0.2) is 0 Å². The Morgan fingerprint density at radius 1 is 1.41 bits per heavy atom. The van der Waals surface area contributed by atoms with Crippen LogP contribution in [0.3, 0.4) is 0 Å². The first-order valence-corrected chi connectivity index (χ1v) is 7.07.